The number of amides is 1. The molecule has 1 heterocycles. The lowest BCUT2D eigenvalue weighted by atomic mass is 10.0. The second-order valence-electron chi connectivity index (χ2n) is 7.33. The Labute approximate surface area is 187 Å². The second kappa shape index (κ2) is 8.42. The van der Waals surface area contributed by atoms with Crippen LogP contribution in [-0.2, 0) is 16.2 Å². The third kappa shape index (κ3) is 3.97. The van der Waals surface area contributed by atoms with Crippen molar-refractivity contribution in [2.45, 2.75) is 13.5 Å². The number of aromatic nitrogens is 1. The lowest BCUT2D eigenvalue weighted by molar-refractivity contribution is -0.383. The van der Waals surface area contributed by atoms with Crippen LogP contribution in [0.25, 0.3) is 21.7 Å². The molecule has 3 aromatic carbocycles. The number of nitrogens with two attached hydrogens (primary N) is 2. The topological polar surface area (TPSA) is 156 Å². The Morgan fingerprint density at radius 3 is 2.48 bits per heavy atom. The van der Waals surface area contributed by atoms with Gasteiger partial charge in [0.25, 0.3) is 5.91 Å². The number of carbonyl (C=O) groups is 2. The number of primary amides is 1. The number of fused-ring (bicyclic) bond motifs is 2. The molecule has 4 N–H and O–H groups in total. The van der Waals surface area contributed by atoms with Gasteiger partial charge < -0.3 is 20.9 Å². The van der Waals surface area contributed by atoms with Crippen LogP contribution < -0.4 is 11.5 Å². The first kappa shape index (κ1) is 21.5. The van der Waals surface area contributed by atoms with E-state index in [1.807, 2.05) is 42.5 Å². The van der Waals surface area contributed by atoms with Gasteiger partial charge in [0, 0.05) is 19.0 Å². The molecule has 0 saturated heterocycles. The standard InChI is InChI=1S/C23H19N5O5/c1-13(29)33-26-22(24)15-9-10-18-19(11-15)27(21(23(25)30)20(18)28(31)32)12-16-7-4-6-14-5-2-3-8-17(14)16/h2-11H,12H2,1H3,(H2,24,26)(H2,25,30). The molecule has 10 nitrogen and oxygen atoms in total. The Morgan fingerprint density at radius 1 is 1.06 bits per heavy atom. The van der Waals surface area contributed by atoms with E-state index < -0.39 is 16.8 Å². The lowest BCUT2D eigenvalue weighted by Gasteiger charge is -2.11. The van der Waals surface area contributed by atoms with E-state index in [4.69, 9.17) is 11.5 Å². The molecule has 0 unspecified atom stereocenters. The van der Waals surface area contributed by atoms with Crippen molar-refractivity contribution in [3.05, 3.63) is 87.6 Å². The summed E-state index contributed by atoms with van der Waals surface area (Å²) in [4.78, 5) is 39.2. The van der Waals surface area contributed by atoms with Gasteiger partial charge in [-0.05, 0) is 28.5 Å². The van der Waals surface area contributed by atoms with E-state index in [1.165, 1.54) is 23.6 Å². The normalized spacial score (nSPS) is 11.6. The van der Waals surface area contributed by atoms with Crippen molar-refractivity contribution in [3.63, 3.8) is 0 Å². The van der Waals surface area contributed by atoms with Crippen molar-refractivity contribution < 1.29 is 19.3 Å². The average Bonchev–Trinajstić information content (AvgIpc) is 3.11. The van der Waals surface area contributed by atoms with Gasteiger partial charge in [-0.3, -0.25) is 14.9 Å². The van der Waals surface area contributed by atoms with Gasteiger partial charge in [0.15, 0.2) is 11.5 Å². The van der Waals surface area contributed by atoms with E-state index in [0.717, 1.165) is 16.3 Å². The summed E-state index contributed by atoms with van der Waals surface area (Å²) in [6, 6.07) is 17.9. The van der Waals surface area contributed by atoms with Crippen LogP contribution in [0, 0.1) is 10.1 Å². The third-order valence-electron chi connectivity index (χ3n) is 5.23. The van der Waals surface area contributed by atoms with Crippen LogP contribution in [0.15, 0.2) is 65.8 Å². The summed E-state index contributed by atoms with van der Waals surface area (Å²) in [6.45, 7) is 1.33. The molecule has 10 heteroatoms. The zero-order valence-electron chi connectivity index (χ0n) is 17.5. The first-order valence-corrected chi connectivity index (χ1v) is 9.86. The lowest BCUT2D eigenvalue weighted by Crippen LogP contribution is -2.19. The van der Waals surface area contributed by atoms with E-state index in [9.17, 15) is 19.7 Å². The summed E-state index contributed by atoms with van der Waals surface area (Å²) in [7, 11) is 0. The summed E-state index contributed by atoms with van der Waals surface area (Å²) in [6.07, 6.45) is 0. The van der Waals surface area contributed by atoms with E-state index in [-0.39, 0.29) is 29.1 Å². The molecule has 0 spiro atoms. The molecule has 4 rings (SSSR count). The highest BCUT2D eigenvalue weighted by Gasteiger charge is 2.30. The van der Waals surface area contributed by atoms with E-state index in [0.29, 0.717) is 11.1 Å². The van der Waals surface area contributed by atoms with Crippen LogP contribution in [-0.4, -0.2) is 27.2 Å². The fourth-order valence-corrected chi connectivity index (χ4v) is 3.86. The van der Waals surface area contributed by atoms with Gasteiger partial charge in [0.2, 0.25) is 0 Å². The Kier molecular flexibility index (Phi) is 5.49. The van der Waals surface area contributed by atoms with Crippen molar-refractivity contribution in [2.24, 2.45) is 16.6 Å². The van der Waals surface area contributed by atoms with E-state index >= 15 is 0 Å². The largest absolute Gasteiger partial charge is 0.380 e. The van der Waals surface area contributed by atoms with Crippen LogP contribution in [0.1, 0.15) is 28.5 Å². The molecular formula is C23H19N5O5. The summed E-state index contributed by atoms with van der Waals surface area (Å²) < 4.78 is 1.50. The molecule has 0 aliphatic heterocycles. The maximum atomic E-state index is 12.4. The van der Waals surface area contributed by atoms with Gasteiger partial charge in [0.1, 0.15) is 0 Å². The number of hydrogen-bond donors (Lipinski definition) is 2. The molecule has 0 atom stereocenters. The van der Waals surface area contributed by atoms with Crippen molar-refractivity contribution in [3.8, 4) is 0 Å². The van der Waals surface area contributed by atoms with Gasteiger partial charge >= 0.3 is 11.7 Å². The SMILES string of the molecule is CC(=O)ON=C(N)c1ccc2c([N+](=O)[O-])c(C(N)=O)n(Cc3cccc4ccccc34)c2c1. The fraction of sp³-hybridized carbons (Fsp3) is 0.0870. The van der Waals surface area contributed by atoms with Crippen molar-refractivity contribution in [2.75, 3.05) is 0 Å². The fourth-order valence-electron chi connectivity index (χ4n) is 3.86. The number of benzene rings is 3. The molecule has 0 aliphatic rings. The highest BCUT2D eigenvalue weighted by molar-refractivity contribution is 6.08. The van der Waals surface area contributed by atoms with Gasteiger partial charge in [-0.1, -0.05) is 53.7 Å². The number of hydrogen-bond acceptors (Lipinski definition) is 6. The van der Waals surface area contributed by atoms with Crippen LogP contribution >= 0.6 is 0 Å². The Morgan fingerprint density at radius 2 is 1.79 bits per heavy atom. The van der Waals surface area contributed by atoms with Gasteiger partial charge in [-0.25, -0.2) is 4.79 Å². The summed E-state index contributed by atoms with van der Waals surface area (Å²) >= 11 is 0. The molecule has 33 heavy (non-hydrogen) atoms. The van der Waals surface area contributed by atoms with Gasteiger partial charge in [-0.15, -0.1) is 0 Å². The third-order valence-corrected chi connectivity index (χ3v) is 5.23. The molecule has 166 valence electrons. The van der Waals surface area contributed by atoms with E-state index in [1.54, 1.807) is 6.07 Å². The molecule has 1 amide bonds. The molecule has 0 aliphatic carbocycles. The number of carbonyl (C=O) groups excluding carboxylic acids is 2. The Balaban J connectivity index is 1.97. The zero-order chi connectivity index (χ0) is 23.7. The molecule has 1 aromatic heterocycles. The van der Waals surface area contributed by atoms with E-state index in [2.05, 4.69) is 9.99 Å². The second-order valence-corrected chi connectivity index (χ2v) is 7.33. The minimum atomic E-state index is -0.929. The van der Waals surface area contributed by atoms with Gasteiger partial charge in [-0.2, -0.15) is 0 Å². The first-order chi connectivity index (χ1) is 15.8. The molecular weight excluding hydrogens is 426 g/mol. The molecule has 4 aromatic rings. The van der Waals surface area contributed by atoms with Crippen LogP contribution in [0.2, 0.25) is 0 Å². The molecule has 0 bridgehead atoms. The number of rotatable bonds is 6. The van der Waals surface area contributed by atoms with Crippen molar-refractivity contribution in [1.82, 2.24) is 4.57 Å². The van der Waals surface area contributed by atoms with Crippen LogP contribution in [0.3, 0.4) is 0 Å². The summed E-state index contributed by atoms with van der Waals surface area (Å²) in [5.41, 5.74) is 12.4. The Hall–Kier alpha value is -4.73. The molecule has 0 fully saturated rings. The summed E-state index contributed by atoms with van der Waals surface area (Å²) in [5, 5.41) is 17.6. The van der Waals surface area contributed by atoms with Crippen molar-refractivity contribution in [1.29, 1.82) is 0 Å². The number of oxime groups is 1. The summed E-state index contributed by atoms with van der Waals surface area (Å²) in [5.74, 6) is -1.68. The first-order valence-electron chi connectivity index (χ1n) is 9.86. The zero-order valence-corrected chi connectivity index (χ0v) is 17.5. The molecule has 0 saturated carbocycles. The smallest absolute Gasteiger partial charge is 0.332 e. The number of nitro groups is 1. The number of amidine groups is 1. The quantitative estimate of drug-likeness (QED) is 0.153. The van der Waals surface area contributed by atoms with Gasteiger partial charge in [0.05, 0.1) is 15.8 Å². The minimum Gasteiger partial charge on any atom is -0.380 e. The highest BCUT2D eigenvalue weighted by Crippen LogP contribution is 2.35. The maximum Gasteiger partial charge on any atom is 0.332 e. The molecule has 0 radical (unpaired) electrons. The highest BCUT2D eigenvalue weighted by atomic mass is 16.7. The van der Waals surface area contributed by atoms with Crippen molar-refractivity contribution >= 4 is 45.1 Å². The maximum absolute atomic E-state index is 12.4. The predicted octanol–water partition coefficient (Wildman–Crippen LogP) is 3.03. The Bertz CT molecular complexity index is 1470. The monoisotopic (exact) mass is 445 g/mol. The minimum absolute atomic E-state index is 0.103. The predicted molar refractivity (Wildman–Crippen MR) is 123 cm³/mol. The average molecular weight is 445 g/mol. The van der Waals surface area contributed by atoms with Crippen LogP contribution in [0.4, 0.5) is 5.69 Å². The number of nitrogens with zero attached hydrogens (tertiary/aromatic N) is 3. The van der Waals surface area contributed by atoms with Crippen LogP contribution in [0.5, 0.6) is 0 Å².